The first-order valence-corrected chi connectivity index (χ1v) is 7.36. The fourth-order valence-electron chi connectivity index (χ4n) is 2.81. The van der Waals surface area contributed by atoms with E-state index in [1.165, 1.54) is 10.7 Å². The summed E-state index contributed by atoms with van der Waals surface area (Å²) in [6.45, 7) is 0. The highest BCUT2D eigenvalue weighted by atomic mass is 19.4. The zero-order valence-corrected chi connectivity index (χ0v) is 12.9. The Bertz CT molecular complexity index is 836. The largest absolute Gasteiger partial charge is 0.435 e. The van der Waals surface area contributed by atoms with E-state index >= 15 is 0 Å². The molecule has 0 saturated heterocycles. The van der Waals surface area contributed by atoms with Crippen LogP contribution in [0, 0.1) is 17.2 Å². The molecule has 0 fully saturated rings. The first kappa shape index (κ1) is 16.1. The molecule has 0 spiro atoms. The van der Waals surface area contributed by atoms with E-state index in [9.17, 15) is 13.2 Å². The molecule has 0 amide bonds. The Morgan fingerprint density at radius 3 is 2.62 bits per heavy atom. The number of nitrogens with zero attached hydrogens (tertiary/aromatic N) is 5. The zero-order valence-electron chi connectivity index (χ0n) is 12.9. The fraction of sp³-hybridized carbons (Fsp3) is 0.400. The molecule has 126 valence electrons. The molecule has 0 saturated carbocycles. The maximum absolute atomic E-state index is 13.4. The number of hydrogen-bond acceptors (Lipinski definition) is 4. The van der Waals surface area contributed by atoms with Gasteiger partial charge in [0.15, 0.2) is 11.5 Å². The van der Waals surface area contributed by atoms with E-state index in [0.717, 1.165) is 4.68 Å². The third-order valence-corrected chi connectivity index (χ3v) is 4.02. The predicted octanol–water partition coefficient (Wildman–Crippen LogP) is 2.91. The van der Waals surface area contributed by atoms with Gasteiger partial charge in [-0.25, -0.2) is 0 Å². The van der Waals surface area contributed by atoms with Crippen LogP contribution in [0.5, 0.6) is 0 Å². The molecule has 6 nitrogen and oxygen atoms in total. The molecule has 0 radical (unpaired) electrons. The van der Waals surface area contributed by atoms with Crippen LogP contribution in [0.1, 0.15) is 30.5 Å². The number of halogens is 3. The van der Waals surface area contributed by atoms with Crippen LogP contribution in [0.25, 0.3) is 11.4 Å². The summed E-state index contributed by atoms with van der Waals surface area (Å²) < 4.78 is 42.7. The summed E-state index contributed by atoms with van der Waals surface area (Å²) in [6, 6.07) is 3.67. The van der Waals surface area contributed by atoms with Crippen LogP contribution < -0.4 is 5.73 Å². The molecule has 1 atom stereocenters. The SMILES string of the molecule is Cn1ccc(-n2nc(C(F)(F)F)c(C3=CCC(C#N)CC3)c2N)n1. The van der Waals surface area contributed by atoms with Gasteiger partial charge in [0, 0.05) is 19.3 Å². The summed E-state index contributed by atoms with van der Waals surface area (Å²) in [5.74, 6) is -0.0455. The second-order valence-electron chi connectivity index (χ2n) is 5.70. The fourth-order valence-corrected chi connectivity index (χ4v) is 2.81. The van der Waals surface area contributed by atoms with Crippen LogP contribution >= 0.6 is 0 Å². The molecule has 1 aliphatic carbocycles. The topological polar surface area (TPSA) is 85.5 Å². The first-order chi connectivity index (χ1) is 11.3. The van der Waals surface area contributed by atoms with Crippen molar-refractivity contribution in [2.45, 2.75) is 25.4 Å². The summed E-state index contributed by atoms with van der Waals surface area (Å²) in [5, 5.41) is 16.7. The van der Waals surface area contributed by atoms with Crippen molar-refractivity contribution >= 4 is 11.4 Å². The van der Waals surface area contributed by atoms with Gasteiger partial charge in [-0.2, -0.15) is 33.3 Å². The lowest BCUT2D eigenvalue weighted by molar-refractivity contribution is -0.141. The van der Waals surface area contributed by atoms with Crippen LogP contribution in [0.2, 0.25) is 0 Å². The minimum Gasteiger partial charge on any atom is -0.383 e. The minimum atomic E-state index is -4.63. The van der Waals surface area contributed by atoms with Crippen molar-refractivity contribution in [3.05, 3.63) is 29.6 Å². The summed E-state index contributed by atoms with van der Waals surface area (Å²) in [4.78, 5) is 0. The molecule has 0 bridgehead atoms. The number of rotatable bonds is 2. The van der Waals surface area contributed by atoms with E-state index in [4.69, 9.17) is 11.0 Å². The van der Waals surface area contributed by atoms with Gasteiger partial charge in [-0.3, -0.25) is 4.68 Å². The van der Waals surface area contributed by atoms with E-state index in [1.807, 2.05) is 0 Å². The lowest BCUT2D eigenvalue weighted by Crippen LogP contribution is -2.11. The summed E-state index contributed by atoms with van der Waals surface area (Å²) in [7, 11) is 1.65. The van der Waals surface area contributed by atoms with Crippen molar-refractivity contribution in [1.29, 1.82) is 5.26 Å². The Morgan fingerprint density at radius 2 is 2.12 bits per heavy atom. The standard InChI is InChI=1S/C15H15F3N6/c1-23-7-6-11(21-23)24-14(20)12(13(22-24)15(16,17)18)10-4-2-9(8-19)3-5-10/h4,6-7,9H,2-3,5,20H2,1H3. The quantitative estimate of drug-likeness (QED) is 0.914. The van der Waals surface area contributed by atoms with E-state index in [2.05, 4.69) is 16.3 Å². The number of aryl methyl sites for hydroxylation is 1. The molecule has 9 heteroatoms. The number of nitrogen functional groups attached to an aromatic ring is 1. The van der Waals surface area contributed by atoms with Crippen molar-refractivity contribution in [2.75, 3.05) is 5.73 Å². The molecule has 1 unspecified atom stereocenters. The van der Waals surface area contributed by atoms with Crippen molar-refractivity contribution in [1.82, 2.24) is 19.6 Å². The van der Waals surface area contributed by atoms with Crippen LogP contribution in [0.4, 0.5) is 19.0 Å². The van der Waals surface area contributed by atoms with Gasteiger partial charge in [0.25, 0.3) is 0 Å². The first-order valence-electron chi connectivity index (χ1n) is 7.36. The Hall–Kier alpha value is -2.76. The van der Waals surface area contributed by atoms with E-state index in [-0.39, 0.29) is 23.1 Å². The summed E-state index contributed by atoms with van der Waals surface area (Å²) in [6.07, 6.45) is -0.0927. The van der Waals surface area contributed by atoms with E-state index < -0.39 is 11.9 Å². The number of nitriles is 1. The number of alkyl halides is 3. The highest BCUT2D eigenvalue weighted by molar-refractivity contribution is 5.77. The number of nitrogens with two attached hydrogens (primary N) is 1. The van der Waals surface area contributed by atoms with Gasteiger partial charge >= 0.3 is 6.18 Å². The van der Waals surface area contributed by atoms with Crippen molar-refractivity contribution in [2.24, 2.45) is 13.0 Å². The molecule has 2 aromatic rings. The van der Waals surface area contributed by atoms with Crippen LogP contribution in [0.3, 0.4) is 0 Å². The molecule has 2 aromatic heterocycles. The van der Waals surface area contributed by atoms with Gasteiger partial charge in [-0.1, -0.05) is 6.08 Å². The summed E-state index contributed by atoms with van der Waals surface area (Å²) in [5.41, 5.74) is 5.34. The highest BCUT2D eigenvalue weighted by Gasteiger charge is 2.40. The lowest BCUT2D eigenvalue weighted by Gasteiger charge is -2.17. The van der Waals surface area contributed by atoms with Gasteiger partial charge in [0.1, 0.15) is 5.82 Å². The Labute approximate surface area is 136 Å². The average molecular weight is 336 g/mol. The highest BCUT2D eigenvalue weighted by Crippen LogP contribution is 2.41. The van der Waals surface area contributed by atoms with Gasteiger partial charge < -0.3 is 5.73 Å². The Balaban J connectivity index is 2.13. The van der Waals surface area contributed by atoms with Crippen LogP contribution in [0.15, 0.2) is 18.3 Å². The van der Waals surface area contributed by atoms with Gasteiger partial charge in [0.2, 0.25) is 0 Å². The average Bonchev–Trinajstić information content (AvgIpc) is 3.10. The smallest absolute Gasteiger partial charge is 0.383 e. The van der Waals surface area contributed by atoms with Gasteiger partial charge in [0.05, 0.1) is 17.6 Å². The zero-order chi connectivity index (χ0) is 17.5. The maximum atomic E-state index is 13.4. The molecular weight excluding hydrogens is 321 g/mol. The third kappa shape index (κ3) is 2.75. The number of allylic oxidation sites excluding steroid dienone is 2. The number of hydrogen-bond donors (Lipinski definition) is 1. The molecule has 0 aliphatic heterocycles. The Kier molecular flexibility index (Phi) is 3.83. The molecule has 2 heterocycles. The van der Waals surface area contributed by atoms with E-state index in [1.54, 1.807) is 19.3 Å². The second kappa shape index (κ2) is 5.70. The van der Waals surface area contributed by atoms with Crippen molar-refractivity contribution in [3.63, 3.8) is 0 Å². The maximum Gasteiger partial charge on any atom is 0.435 e. The third-order valence-electron chi connectivity index (χ3n) is 4.02. The number of anilines is 1. The molecule has 0 aromatic carbocycles. The number of aromatic nitrogens is 4. The van der Waals surface area contributed by atoms with Gasteiger partial charge in [-0.15, -0.1) is 0 Å². The molecule has 3 rings (SSSR count). The van der Waals surface area contributed by atoms with Crippen LogP contribution in [-0.2, 0) is 13.2 Å². The summed E-state index contributed by atoms with van der Waals surface area (Å²) >= 11 is 0. The van der Waals surface area contributed by atoms with Crippen molar-refractivity contribution in [3.8, 4) is 11.9 Å². The normalized spacial score (nSPS) is 18.3. The van der Waals surface area contributed by atoms with Gasteiger partial charge in [-0.05, 0) is 24.8 Å². The van der Waals surface area contributed by atoms with Crippen molar-refractivity contribution < 1.29 is 13.2 Å². The molecule has 24 heavy (non-hydrogen) atoms. The lowest BCUT2D eigenvalue weighted by atomic mass is 9.87. The van der Waals surface area contributed by atoms with Crippen LogP contribution in [-0.4, -0.2) is 19.6 Å². The Morgan fingerprint density at radius 1 is 1.38 bits per heavy atom. The molecule has 1 aliphatic rings. The second-order valence-corrected chi connectivity index (χ2v) is 5.70. The molecular formula is C15H15F3N6. The minimum absolute atomic E-state index is 0.0947. The van der Waals surface area contributed by atoms with E-state index in [0.29, 0.717) is 24.8 Å². The predicted molar refractivity (Wildman–Crippen MR) is 80.7 cm³/mol. The monoisotopic (exact) mass is 336 g/mol. The molecule has 2 N–H and O–H groups in total.